The van der Waals surface area contributed by atoms with Crippen LogP contribution in [0.15, 0.2) is 46.7 Å². The van der Waals surface area contributed by atoms with Crippen molar-refractivity contribution in [2.45, 2.75) is 19.3 Å². The van der Waals surface area contributed by atoms with Gasteiger partial charge in [-0.3, -0.25) is 0 Å². The molecule has 1 nitrogen and oxygen atoms in total. The molecule has 0 aromatic heterocycles. The number of allylic oxidation sites excluding steroid dienone is 5. The van der Waals surface area contributed by atoms with Gasteiger partial charge in [-0.25, -0.2) is 0 Å². The monoisotopic (exact) mass is 171 g/mol. The van der Waals surface area contributed by atoms with Gasteiger partial charge in [-0.15, -0.1) is 0 Å². The fourth-order valence-corrected chi connectivity index (χ4v) is 2.31. The molecule has 0 bridgehead atoms. The van der Waals surface area contributed by atoms with Crippen molar-refractivity contribution in [1.29, 1.82) is 0 Å². The van der Waals surface area contributed by atoms with Crippen molar-refractivity contribution in [2.75, 3.05) is 6.54 Å². The maximum absolute atomic E-state index is 3.50. The first kappa shape index (κ1) is 7.19. The van der Waals surface area contributed by atoms with E-state index in [-0.39, 0.29) is 0 Å². The summed E-state index contributed by atoms with van der Waals surface area (Å²) in [5, 5.41) is 3.50. The van der Waals surface area contributed by atoms with Gasteiger partial charge in [0.25, 0.3) is 0 Å². The summed E-state index contributed by atoms with van der Waals surface area (Å²) < 4.78 is 0. The summed E-state index contributed by atoms with van der Waals surface area (Å²) in [4.78, 5) is 0. The van der Waals surface area contributed by atoms with Gasteiger partial charge in [0.15, 0.2) is 0 Å². The van der Waals surface area contributed by atoms with Crippen LogP contribution in [0.25, 0.3) is 0 Å². The molecule has 3 aliphatic rings. The highest BCUT2D eigenvalue weighted by atomic mass is 14.9. The van der Waals surface area contributed by atoms with E-state index in [0.29, 0.717) is 0 Å². The molecule has 2 aliphatic carbocycles. The van der Waals surface area contributed by atoms with Crippen molar-refractivity contribution in [3.05, 3.63) is 46.7 Å². The summed E-state index contributed by atoms with van der Waals surface area (Å²) in [6.07, 6.45) is 12.5. The number of hydrogen-bond donors (Lipinski definition) is 1. The van der Waals surface area contributed by atoms with Crippen LogP contribution < -0.4 is 5.32 Å². The van der Waals surface area contributed by atoms with E-state index >= 15 is 0 Å². The van der Waals surface area contributed by atoms with E-state index in [2.05, 4.69) is 29.6 Å². The maximum Gasteiger partial charge on any atom is 0.0400 e. The molecule has 3 rings (SSSR count). The topological polar surface area (TPSA) is 12.0 Å². The van der Waals surface area contributed by atoms with Crippen LogP contribution >= 0.6 is 0 Å². The van der Waals surface area contributed by atoms with Gasteiger partial charge in [-0.2, -0.15) is 0 Å². The lowest BCUT2D eigenvalue weighted by atomic mass is 10.0. The zero-order valence-corrected chi connectivity index (χ0v) is 7.64. The highest BCUT2D eigenvalue weighted by Crippen LogP contribution is 2.32. The molecule has 66 valence electrons. The van der Waals surface area contributed by atoms with E-state index in [0.717, 1.165) is 13.0 Å². The Morgan fingerprint density at radius 2 is 1.85 bits per heavy atom. The van der Waals surface area contributed by atoms with Crippen molar-refractivity contribution >= 4 is 0 Å². The van der Waals surface area contributed by atoms with Crippen molar-refractivity contribution in [1.82, 2.24) is 5.32 Å². The summed E-state index contributed by atoms with van der Waals surface area (Å²) in [5.41, 5.74) is 6.10. The molecule has 0 amide bonds. The molecule has 0 aromatic carbocycles. The molecule has 0 fully saturated rings. The van der Waals surface area contributed by atoms with Crippen LogP contribution in [0.5, 0.6) is 0 Å². The first-order chi connectivity index (χ1) is 6.43. The Morgan fingerprint density at radius 3 is 2.85 bits per heavy atom. The third kappa shape index (κ3) is 1.07. The molecule has 0 saturated carbocycles. The molecule has 1 heteroatoms. The smallest absolute Gasteiger partial charge is 0.0400 e. The van der Waals surface area contributed by atoms with E-state index in [1.54, 1.807) is 11.1 Å². The molecule has 1 N–H and O–H groups in total. The largest absolute Gasteiger partial charge is 0.381 e. The Morgan fingerprint density at radius 1 is 1.00 bits per heavy atom. The van der Waals surface area contributed by atoms with Crippen molar-refractivity contribution < 1.29 is 0 Å². The van der Waals surface area contributed by atoms with E-state index in [4.69, 9.17) is 0 Å². The van der Waals surface area contributed by atoms with Crippen LogP contribution in [-0.2, 0) is 0 Å². The lowest BCUT2D eigenvalue weighted by Gasteiger charge is -2.04. The van der Waals surface area contributed by atoms with E-state index in [1.165, 1.54) is 24.1 Å². The summed E-state index contributed by atoms with van der Waals surface area (Å²) in [7, 11) is 0. The zero-order chi connectivity index (χ0) is 8.67. The molecule has 0 spiro atoms. The first-order valence-electron chi connectivity index (χ1n) is 4.93. The number of hydrogen-bond acceptors (Lipinski definition) is 1. The number of nitrogens with one attached hydrogen (secondary N) is 1. The minimum atomic E-state index is 1.02. The van der Waals surface area contributed by atoms with Crippen molar-refractivity contribution in [2.24, 2.45) is 0 Å². The second-order valence-corrected chi connectivity index (χ2v) is 3.89. The van der Waals surface area contributed by atoms with Crippen LogP contribution in [0.2, 0.25) is 0 Å². The maximum atomic E-state index is 3.50. The van der Waals surface area contributed by atoms with E-state index < -0.39 is 0 Å². The Balaban J connectivity index is 1.93. The second kappa shape index (κ2) is 2.63. The van der Waals surface area contributed by atoms with Gasteiger partial charge in [-0.05, 0) is 36.5 Å². The Kier molecular flexibility index (Phi) is 1.45. The fraction of sp³-hybridized carbons (Fsp3) is 0.333. The average molecular weight is 171 g/mol. The minimum absolute atomic E-state index is 1.02. The standard InChI is InChI=1S/C12H13N/c1-3-9-7-10-4-2-6-12(10)13-8-11(9)5-1/h1-2,5-6,13H,3-4,7-8H2. The van der Waals surface area contributed by atoms with Gasteiger partial charge in [0.05, 0.1) is 0 Å². The number of rotatable bonds is 0. The summed E-state index contributed by atoms with van der Waals surface area (Å²) in [6.45, 7) is 1.02. The molecular formula is C12H13N. The first-order valence-corrected chi connectivity index (χ1v) is 4.93. The second-order valence-electron chi connectivity index (χ2n) is 3.89. The molecule has 13 heavy (non-hydrogen) atoms. The van der Waals surface area contributed by atoms with Gasteiger partial charge in [-0.1, -0.05) is 23.8 Å². The van der Waals surface area contributed by atoms with Gasteiger partial charge >= 0.3 is 0 Å². The molecular weight excluding hydrogens is 158 g/mol. The quantitative estimate of drug-likeness (QED) is 0.590. The lowest BCUT2D eigenvalue weighted by molar-refractivity contribution is 0.910. The van der Waals surface area contributed by atoms with Gasteiger partial charge in [0, 0.05) is 12.2 Å². The fourth-order valence-electron chi connectivity index (χ4n) is 2.31. The molecule has 0 radical (unpaired) electrons. The van der Waals surface area contributed by atoms with Gasteiger partial charge in [0.2, 0.25) is 0 Å². The molecule has 1 aliphatic heterocycles. The van der Waals surface area contributed by atoms with Crippen LogP contribution in [0.3, 0.4) is 0 Å². The summed E-state index contributed by atoms with van der Waals surface area (Å²) in [5.74, 6) is 0. The highest BCUT2D eigenvalue weighted by Gasteiger charge is 2.18. The van der Waals surface area contributed by atoms with Gasteiger partial charge < -0.3 is 5.32 Å². The molecule has 0 aromatic rings. The van der Waals surface area contributed by atoms with Crippen molar-refractivity contribution in [3.8, 4) is 0 Å². The zero-order valence-electron chi connectivity index (χ0n) is 7.64. The third-order valence-corrected chi connectivity index (χ3v) is 3.06. The Bertz CT molecular complexity index is 331. The normalized spacial score (nSPS) is 24.6. The molecule has 1 heterocycles. The molecule has 0 atom stereocenters. The summed E-state index contributed by atoms with van der Waals surface area (Å²) >= 11 is 0. The molecule has 0 unspecified atom stereocenters. The van der Waals surface area contributed by atoms with E-state index in [1.807, 2.05) is 0 Å². The Hall–Kier alpha value is -1.24. The summed E-state index contributed by atoms with van der Waals surface area (Å²) in [6, 6.07) is 0. The van der Waals surface area contributed by atoms with Crippen LogP contribution in [-0.4, -0.2) is 6.54 Å². The van der Waals surface area contributed by atoms with Crippen LogP contribution in [0, 0.1) is 0 Å². The minimum Gasteiger partial charge on any atom is -0.381 e. The average Bonchev–Trinajstić information content (AvgIpc) is 2.72. The van der Waals surface area contributed by atoms with Gasteiger partial charge in [0.1, 0.15) is 0 Å². The SMILES string of the molecule is C1=CC2=C(C1)CC1=C(C=CC1)NC2. The van der Waals surface area contributed by atoms with E-state index in [9.17, 15) is 0 Å². The highest BCUT2D eigenvalue weighted by molar-refractivity contribution is 5.45. The molecule has 0 saturated heterocycles. The lowest BCUT2D eigenvalue weighted by Crippen LogP contribution is -2.13. The van der Waals surface area contributed by atoms with Crippen LogP contribution in [0.1, 0.15) is 19.3 Å². The van der Waals surface area contributed by atoms with Crippen molar-refractivity contribution in [3.63, 3.8) is 0 Å². The predicted molar refractivity (Wildman–Crippen MR) is 54.2 cm³/mol. The van der Waals surface area contributed by atoms with Crippen LogP contribution in [0.4, 0.5) is 0 Å². The predicted octanol–water partition coefficient (Wildman–Crippen LogP) is 2.45. The Labute approximate surface area is 78.5 Å². The third-order valence-electron chi connectivity index (χ3n) is 3.06.